The van der Waals surface area contributed by atoms with E-state index < -0.39 is 6.36 Å². The SMILES string of the molecule is O=c1[nH]sc(-c2ccc(OC(F)(F)F)cc2)c1C1CCNC1. The third-order valence-electron chi connectivity index (χ3n) is 3.55. The summed E-state index contributed by atoms with van der Waals surface area (Å²) in [5.41, 5.74) is 1.29. The lowest BCUT2D eigenvalue weighted by atomic mass is 9.97. The molecule has 2 heterocycles. The number of ether oxygens (including phenoxy) is 1. The number of aromatic nitrogens is 1. The molecule has 2 N–H and O–H groups in total. The fraction of sp³-hybridized carbons (Fsp3) is 0.357. The molecule has 1 aromatic heterocycles. The lowest BCUT2D eigenvalue weighted by Gasteiger charge is -2.10. The zero-order valence-electron chi connectivity index (χ0n) is 11.4. The van der Waals surface area contributed by atoms with Gasteiger partial charge in [0.15, 0.2) is 0 Å². The van der Waals surface area contributed by atoms with Gasteiger partial charge in [-0.05, 0) is 42.8 Å². The van der Waals surface area contributed by atoms with Crippen LogP contribution >= 0.6 is 11.5 Å². The van der Waals surface area contributed by atoms with Crippen LogP contribution in [0.4, 0.5) is 13.2 Å². The Morgan fingerprint density at radius 2 is 1.95 bits per heavy atom. The predicted molar refractivity (Wildman–Crippen MR) is 77.3 cm³/mol. The summed E-state index contributed by atoms with van der Waals surface area (Å²) in [7, 11) is 0. The third kappa shape index (κ3) is 3.17. The summed E-state index contributed by atoms with van der Waals surface area (Å²) in [6.45, 7) is 1.60. The Morgan fingerprint density at radius 1 is 1.23 bits per heavy atom. The molecule has 0 radical (unpaired) electrons. The highest BCUT2D eigenvalue weighted by atomic mass is 32.1. The highest BCUT2D eigenvalue weighted by Crippen LogP contribution is 2.34. The van der Waals surface area contributed by atoms with Gasteiger partial charge in [0.2, 0.25) is 0 Å². The van der Waals surface area contributed by atoms with Crippen molar-refractivity contribution < 1.29 is 17.9 Å². The average Bonchev–Trinajstić information content (AvgIpc) is 3.07. The topological polar surface area (TPSA) is 54.1 Å². The van der Waals surface area contributed by atoms with Gasteiger partial charge in [-0.2, -0.15) is 0 Å². The minimum Gasteiger partial charge on any atom is -0.406 e. The average molecular weight is 330 g/mol. The van der Waals surface area contributed by atoms with Crippen LogP contribution < -0.4 is 15.6 Å². The number of hydrogen-bond donors (Lipinski definition) is 2. The Morgan fingerprint density at radius 3 is 2.55 bits per heavy atom. The molecule has 1 aliphatic rings. The molecule has 1 fully saturated rings. The predicted octanol–water partition coefficient (Wildman–Crippen LogP) is 3.08. The van der Waals surface area contributed by atoms with E-state index >= 15 is 0 Å². The van der Waals surface area contributed by atoms with Crippen molar-refractivity contribution in [2.45, 2.75) is 18.7 Å². The van der Waals surface area contributed by atoms with Gasteiger partial charge in [-0.3, -0.25) is 9.17 Å². The highest BCUT2D eigenvalue weighted by molar-refractivity contribution is 7.09. The van der Waals surface area contributed by atoms with E-state index in [-0.39, 0.29) is 17.2 Å². The van der Waals surface area contributed by atoms with E-state index in [1.165, 1.54) is 35.8 Å². The third-order valence-corrected chi connectivity index (χ3v) is 4.50. The van der Waals surface area contributed by atoms with Crippen molar-refractivity contribution in [1.82, 2.24) is 9.69 Å². The van der Waals surface area contributed by atoms with Gasteiger partial charge in [0.1, 0.15) is 5.75 Å². The number of alkyl halides is 3. The fourth-order valence-electron chi connectivity index (χ4n) is 2.60. The van der Waals surface area contributed by atoms with E-state index in [0.717, 1.165) is 24.4 Å². The maximum Gasteiger partial charge on any atom is 0.573 e. The van der Waals surface area contributed by atoms with E-state index in [0.29, 0.717) is 11.1 Å². The van der Waals surface area contributed by atoms with Crippen LogP contribution in [0.2, 0.25) is 0 Å². The molecule has 1 aromatic carbocycles. The standard InChI is InChI=1S/C14H13F3N2O2S/c15-14(16,17)21-10-3-1-8(2-4-10)12-11(13(20)19-22-12)9-5-6-18-7-9/h1-4,9,18H,5-7H2,(H,19,20). The Labute approximate surface area is 128 Å². The number of H-pyrrole nitrogens is 1. The lowest BCUT2D eigenvalue weighted by molar-refractivity contribution is -0.274. The van der Waals surface area contributed by atoms with Crippen LogP contribution in [0.3, 0.4) is 0 Å². The van der Waals surface area contributed by atoms with Crippen molar-refractivity contribution in [3.05, 3.63) is 40.2 Å². The monoisotopic (exact) mass is 330 g/mol. The normalized spacial score (nSPS) is 18.6. The van der Waals surface area contributed by atoms with Gasteiger partial charge >= 0.3 is 6.36 Å². The molecule has 118 valence electrons. The van der Waals surface area contributed by atoms with Crippen LogP contribution in [0.1, 0.15) is 17.9 Å². The Hall–Kier alpha value is -1.80. The molecule has 0 bridgehead atoms. The fourth-order valence-corrected chi connectivity index (χ4v) is 3.53. The van der Waals surface area contributed by atoms with Gasteiger partial charge in [0.05, 0.1) is 4.88 Å². The van der Waals surface area contributed by atoms with Crippen LogP contribution in [0, 0.1) is 0 Å². The second kappa shape index (κ2) is 5.77. The quantitative estimate of drug-likeness (QED) is 0.909. The van der Waals surface area contributed by atoms with Crippen LogP contribution in [-0.4, -0.2) is 23.8 Å². The maximum atomic E-state index is 12.2. The van der Waals surface area contributed by atoms with E-state index in [2.05, 4.69) is 14.4 Å². The molecule has 0 amide bonds. The first-order chi connectivity index (χ1) is 10.4. The molecule has 1 atom stereocenters. The van der Waals surface area contributed by atoms with E-state index in [4.69, 9.17) is 0 Å². The van der Waals surface area contributed by atoms with Crippen molar-refractivity contribution in [2.24, 2.45) is 0 Å². The summed E-state index contributed by atoms with van der Waals surface area (Å²) in [5.74, 6) is -0.140. The zero-order valence-corrected chi connectivity index (χ0v) is 12.2. The molecule has 0 spiro atoms. The maximum absolute atomic E-state index is 12.2. The van der Waals surface area contributed by atoms with Crippen LogP contribution in [0.5, 0.6) is 5.75 Å². The molecule has 22 heavy (non-hydrogen) atoms. The van der Waals surface area contributed by atoms with Gasteiger partial charge < -0.3 is 10.1 Å². The molecule has 8 heteroatoms. The number of aromatic amines is 1. The van der Waals surface area contributed by atoms with Crippen LogP contribution in [0.15, 0.2) is 29.1 Å². The Bertz CT molecular complexity index is 700. The molecule has 0 aliphatic carbocycles. The first kappa shape index (κ1) is 15.1. The van der Waals surface area contributed by atoms with Gasteiger partial charge in [-0.1, -0.05) is 11.5 Å². The van der Waals surface area contributed by atoms with Crippen molar-refractivity contribution in [2.75, 3.05) is 13.1 Å². The molecule has 0 saturated carbocycles. The minimum absolute atomic E-state index is 0.121. The summed E-state index contributed by atoms with van der Waals surface area (Å²) in [6.07, 6.45) is -3.83. The number of halogens is 3. The molecule has 4 nitrogen and oxygen atoms in total. The minimum atomic E-state index is -4.71. The van der Waals surface area contributed by atoms with Crippen molar-refractivity contribution in [3.63, 3.8) is 0 Å². The number of benzene rings is 1. The smallest absolute Gasteiger partial charge is 0.406 e. The van der Waals surface area contributed by atoms with E-state index in [1.54, 1.807) is 0 Å². The molecular formula is C14H13F3N2O2S. The highest BCUT2D eigenvalue weighted by Gasteiger charge is 2.31. The second-order valence-corrected chi connectivity index (χ2v) is 5.85. The van der Waals surface area contributed by atoms with Gasteiger partial charge in [0, 0.05) is 18.0 Å². The molecule has 2 aromatic rings. The van der Waals surface area contributed by atoms with E-state index in [1.807, 2.05) is 0 Å². The summed E-state index contributed by atoms with van der Waals surface area (Å²) in [4.78, 5) is 12.8. The summed E-state index contributed by atoms with van der Waals surface area (Å²) in [5, 5.41) is 3.21. The van der Waals surface area contributed by atoms with Crippen molar-refractivity contribution >= 4 is 11.5 Å². The first-order valence-corrected chi connectivity index (χ1v) is 7.54. The lowest BCUT2D eigenvalue weighted by Crippen LogP contribution is -2.17. The number of rotatable bonds is 3. The van der Waals surface area contributed by atoms with Crippen LogP contribution in [-0.2, 0) is 0 Å². The largest absolute Gasteiger partial charge is 0.573 e. The molecule has 1 unspecified atom stereocenters. The van der Waals surface area contributed by atoms with Crippen LogP contribution in [0.25, 0.3) is 10.4 Å². The molecule has 1 aliphatic heterocycles. The number of nitrogens with one attached hydrogen (secondary N) is 2. The summed E-state index contributed by atoms with van der Waals surface area (Å²) in [6, 6.07) is 5.57. The zero-order chi connectivity index (χ0) is 15.7. The Balaban J connectivity index is 1.90. The number of hydrogen-bond acceptors (Lipinski definition) is 4. The van der Waals surface area contributed by atoms with Gasteiger partial charge in [-0.25, -0.2) is 0 Å². The Kier molecular flexibility index (Phi) is 3.96. The van der Waals surface area contributed by atoms with Crippen molar-refractivity contribution in [1.29, 1.82) is 0 Å². The first-order valence-electron chi connectivity index (χ1n) is 6.72. The second-order valence-electron chi connectivity index (χ2n) is 5.04. The molecule has 3 rings (SSSR count). The summed E-state index contributed by atoms with van der Waals surface area (Å²) >= 11 is 1.21. The summed E-state index contributed by atoms with van der Waals surface area (Å²) < 4.78 is 43.1. The van der Waals surface area contributed by atoms with Crippen molar-refractivity contribution in [3.8, 4) is 16.2 Å². The molecular weight excluding hydrogens is 317 g/mol. The van der Waals surface area contributed by atoms with Gasteiger partial charge in [0.25, 0.3) is 5.56 Å². The molecule has 1 saturated heterocycles. The van der Waals surface area contributed by atoms with E-state index in [9.17, 15) is 18.0 Å². The van der Waals surface area contributed by atoms with Gasteiger partial charge in [-0.15, -0.1) is 13.2 Å².